The number of anilines is 1. The first-order chi connectivity index (χ1) is 12.2. The smallest absolute Gasteiger partial charge is 0.321 e. The molecule has 1 aliphatic heterocycles. The molecule has 3 heterocycles. The number of hydrogen-bond acceptors (Lipinski definition) is 5. The summed E-state index contributed by atoms with van der Waals surface area (Å²) in [5, 5.41) is 6.14. The van der Waals surface area contributed by atoms with Crippen LogP contribution in [-0.4, -0.2) is 52.0 Å². The maximum Gasteiger partial charge on any atom is 0.321 e. The number of likely N-dealkylation sites (tertiary alicyclic amines) is 1. The monoisotopic (exact) mass is 357 g/mol. The van der Waals surface area contributed by atoms with Crippen molar-refractivity contribution in [3.8, 4) is 0 Å². The number of nitrogens with zero attached hydrogens (tertiary/aromatic N) is 4. The van der Waals surface area contributed by atoms with Gasteiger partial charge in [0.25, 0.3) is 0 Å². The van der Waals surface area contributed by atoms with Crippen molar-refractivity contribution in [2.24, 2.45) is 5.41 Å². The van der Waals surface area contributed by atoms with Crippen LogP contribution in [0.25, 0.3) is 0 Å². The number of urea groups is 1. The van der Waals surface area contributed by atoms with Crippen molar-refractivity contribution in [3.05, 3.63) is 41.1 Å². The topological polar surface area (TPSA) is 61.4 Å². The van der Waals surface area contributed by atoms with E-state index in [1.807, 2.05) is 28.6 Å². The van der Waals surface area contributed by atoms with Gasteiger partial charge in [-0.05, 0) is 43.9 Å². The number of pyridine rings is 1. The molecule has 1 saturated heterocycles. The van der Waals surface area contributed by atoms with Crippen LogP contribution in [0.5, 0.6) is 0 Å². The number of thiazole rings is 1. The van der Waals surface area contributed by atoms with Crippen molar-refractivity contribution < 1.29 is 4.79 Å². The summed E-state index contributed by atoms with van der Waals surface area (Å²) in [6.45, 7) is 2.58. The van der Waals surface area contributed by atoms with Crippen LogP contribution in [0.2, 0.25) is 0 Å². The molecule has 1 N–H and O–H groups in total. The molecule has 1 saturated carbocycles. The minimum absolute atomic E-state index is 0.0174. The molecule has 1 aliphatic carbocycles. The van der Waals surface area contributed by atoms with E-state index in [-0.39, 0.29) is 6.03 Å². The van der Waals surface area contributed by atoms with Crippen LogP contribution >= 0.6 is 11.3 Å². The van der Waals surface area contributed by atoms with Crippen LogP contribution in [0.1, 0.15) is 24.3 Å². The first kappa shape index (κ1) is 16.5. The predicted molar refractivity (Wildman–Crippen MR) is 98.5 cm³/mol. The molecule has 0 unspecified atom stereocenters. The number of aromatic nitrogens is 2. The number of carbonyl (C=O) groups excluding carboxylic acids is 1. The summed E-state index contributed by atoms with van der Waals surface area (Å²) in [6.07, 6.45) is 8.66. The molecule has 0 radical (unpaired) electrons. The van der Waals surface area contributed by atoms with E-state index in [1.165, 1.54) is 11.4 Å². The lowest BCUT2D eigenvalue weighted by molar-refractivity contribution is 0.157. The molecule has 0 aromatic carbocycles. The lowest BCUT2D eigenvalue weighted by atomic mass is 9.92. The van der Waals surface area contributed by atoms with Gasteiger partial charge in [0.05, 0.1) is 18.4 Å². The Hall–Kier alpha value is -1.99. The molecule has 2 aromatic rings. The van der Waals surface area contributed by atoms with Gasteiger partial charge in [0.2, 0.25) is 0 Å². The SMILES string of the molecule is CN(Cc1nccs1)[C@@H]1CC12CCN(C(=O)Nc1cccnc1)CC2. The van der Waals surface area contributed by atoms with Crippen LogP contribution in [0.3, 0.4) is 0 Å². The van der Waals surface area contributed by atoms with E-state index in [4.69, 9.17) is 0 Å². The van der Waals surface area contributed by atoms with E-state index in [0.29, 0.717) is 11.5 Å². The maximum atomic E-state index is 12.4. The number of carbonyl (C=O) groups is 1. The molecule has 2 fully saturated rings. The average molecular weight is 357 g/mol. The molecular formula is C18H23N5OS. The lowest BCUT2D eigenvalue weighted by Crippen LogP contribution is -2.43. The molecule has 2 aromatic heterocycles. The molecule has 1 spiro atoms. The minimum atomic E-state index is -0.0174. The fourth-order valence-electron chi connectivity index (χ4n) is 3.94. The summed E-state index contributed by atoms with van der Waals surface area (Å²) in [7, 11) is 2.20. The number of piperidine rings is 1. The average Bonchev–Trinajstić information content (AvgIpc) is 3.08. The van der Waals surface area contributed by atoms with E-state index in [2.05, 4.69) is 27.2 Å². The molecule has 7 heteroatoms. The van der Waals surface area contributed by atoms with E-state index in [0.717, 1.165) is 38.2 Å². The summed E-state index contributed by atoms with van der Waals surface area (Å²) in [5.74, 6) is 0. The van der Waals surface area contributed by atoms with Gasteiger partial charge >= 0.3 is 6.03 Å². The van der Waals surface area contributed by atoms with Crippen molar-refractivity contribution in [2.45, 2.75) is 31.8 Å². The van der Waals surface area contributed by atoms with Gasteiger partial charge in [-0.3, -0.25) is 9.88 Å². The standard InChI is InChI=1S/C18H23N5OS/c1-22(13-16-20-7-10-25-16)15-11-18(15)4-8-23(9-5-18)17(24)21-14-3-2-6-19-12-14/h2-3,6-7,10,12,15H,4-5,8-9,11,13H2,1H3,(H,21,24)/t15-/m1/s1. The van der Waals surface area contributed by atoms with Crippen LogP contribution in [-0.2, 0) is 6.54 Å². The molecule has 0 bridgehead atoms. The third-order valence-corrected chi connectivity index (χ3v) is 6.27. The van der Waals surface area contributed by atoms with Gasteiger partial charge in [-0.15, -0.1) is 11.3 Å². The molecule has 25 heavy (non-hydrogen) atoms. The fraction of sp³-hybridized carbons (Fsp3) is 0.500. The zero-order valence-corrected chi connectivity index (χ0v) is 15.2. The zero-order chi connectivity index (χ0) is 17.3. The summed E-state index contributed by atoms with van der Waals surface area (Å²) < 4.78 is 0. The van der Waals surface area contributed by atoms with Crippen LogP contribution in [0, 0.1) is 5.41 Å². The van der Waals surface area contributed by atoms with Gasteiger partial charge < -0.3 is 10.2 Å². The van der Waals surface area contributed by atoms with Crippen LogP contribution in [0.4, 0.5) is 10.5 Å². The highest BCUT2D eigenvalue weighted by Gasteiger charge is 2.56. The van der Waals surface area contributed by atoms with Gasteiger partial charge in [-0.25, -0.2) is 9.78 Å². The minimum Gasteiger partial charge on any atom is -0.324 e. The molecule has 1 atom stereocenters. The largest absolute Gasteiger partial charge is 0.324 e. The Morgan fingerprint density at radius 3 is 2.96 bits per heavy atom. The molecular weight excluding hydrogens is 334 g/mol. The van der Waals surface area contributed by atoms with Crippen LogP contribution in [0.15, 0.2) is 36.1 Å². The Labute approximate surface area is 151 Å². The lowest BCUT2D eigenvalue weighted by Gasteiger charge is -2.34. The highest BCUT2D eigenvalue weighted by Crippen LogP contribution is 2.56. The van der Waals surface area contributed by atoms with Crippen LogP contribution < -0.4 is 5.32 Å². The van der Waals surface area contributed by atoms with E-state index in [9.17, 15) is 4.79 Å². The second-order valence-corrected chi connectivity index (χ2v) is 8.06. The third-order valence-electron chi connectivity index (χ3n) is 5.51. The highest BCUT2D eigenvalue weighted by atomic mass is 32.1. The van der Waals surface area contributed by atoms with Crippen molar-refractivity contribution in [1.82, 2.24) is 19.8 Å². The summed E-state index contributed by atoms with van der Waals surface area (Å²) in [5.41, 5.74) is 1.15. The van der Waals surface area contributed by atoms with E-state index >= 15 is 0 Å². The van der Waals surface area contributed by atoms with E-state index in [1.54, 1.807) is 23.7 Å². The van der Waals surface area contributed by atoms with Crippen molar-refractivity contribution in [3.63, 3.8) is 0 Å². The first-order valence-electron chi connectivity index (χ1n) is 8.71. The number of amides is 2. The quantitative estimate of drug-likeness (QED) is 0.914. The van der Waals surface area contributed by atoms with Crippen molar-refractivity contribution >= 4 is 23.1 Å². The molecule has 132 valence electrons. The van der Waals surface area contributed by atoms with Gasteiger partial charge in [0.1, 0.15) is 5.01 Å². The highest BCUT2D eigenvalue weighted by molar-refractivity contribution is 7.09. The van der Waals surface area contributed by atoms with Gasteiger partial charge in [0, 0.05) is 36.9 Å². The summed E-state index contributed by atoms with van der Waals surface area (Å²) in [4.78, 5) is 25.2. The zero-order valence-electron chi connectivity index (χ0n) is 14.4. The summed E-state index contributed by atoms with van der Waals surface area (Å²) in [6, 6.07) is 4.30. The Morgan fingerprint density at radius 2 is 2.28 bits per heavy atom. The molecule has 4 rings (SSSR count). The second kappa shape index (κ2) is 6.72. The molecule has 2 amide bonds. The predicted octanol–water partition coefficient (Wildman–Crippen LogP) is 3.06. The third kappa shape index (κ3) is 3.52. The maximum absolute atomic E-state index is 12.4. The van der Waals surface area contributed by atoms with Crippen molar-refractivity contribution in [1.29, 1.82) is 0 Å². The number of rotatable bonds is 4. The van der Waals surface area contributed by atoms with Crippen molar-refractivity contribution in [2.75, 3.05) is 25.5 Å². The van der Waals surface area contributed by atoms with Gasteiger partial charge in [-0.1, -0.05) is 0 Å². The Morgan fingerprint density at radius 1 is 1.44 bits per heavy atom. The number of nitrogens with one attached hydrogen (secondary N) is 1. The molecule has 6 nitrogen and oxygen atoms in total. The van der Waals surface area contributed by atoms with Gasteiger partial charge in [-0.2, -0.15) is 0 Å². The fourth-order valence-corrected chi connectivity index (χ4v) is 4.61. The van der Waals surface area contributed by atoms with E-state index < -0.39 is 0 Å². The summed E-state index contributed by atoms with van der Waals surface area (Å²) >= 11 is 1.72. The number of hydrogen-bond donors (Lipinski definition) is 1. The first-order valence-corrected chi connectivity index (χ1v) is 9.59. The normalized spacial score (nSPS) is 21.5. The Kier molecular flexibility index (Phi) is 4.43. The van der Waals surface area contributed by atoms with Gasteiger partial charge in [0.15, 0.2) is 0 Å². The molecule has 2 aliphatic rings. The Balaban J connectivity index is 1.28. The Bertz CT molecular complexity index is 712. The second-order valence-electron chi connectivity index (χ2n) is 7.08.